The van der Waals surface area contributed by atoms with Gasteiger partial charge in [0.25, 0.3) is 0 Å². The Labute approximate surface area is 155 Å². The van der Waals surface area contributed by atoms with Crippen LogP contribution in [0.15, 0.2) is 24.3 Å². The standard InChI is InChI=1S/C19H21FN4OS/c1-11-16(14-5-7-15(20)8-6-14)17-18(22-10-4-9-21-13(3)25)23-12(2)24-19(17)26-11/h5-8H,4,9-10H2,1-3H3,(H,21,25)(H,22,23,24). The summed E-state index contributed by atoms with van der Waals surface area (Å²) in [5.41, 5.74) is 1.98. The molecule has 0 atom stereocenters. The summed E-state index contributed by atoms with van der Waals surface area (Å²) in [4.78, 5) is 22.1. The second-order valence-electron chi connectivity index (χ2n) is 6.10. The van der Waals surface area contributed by atoms with E-state index in [9.17, 15) is 9.18 Å². The van der Waals surface area contributed by atoms with E-state index in [2.05, 4.69) is 20.6 Å². The number of benzene rings is 1. The fourth-order valence-electron chi connectivity index (χ4n) is 2.87. The predicted octanol–water partition coefficient (Wildman–Crippen LogP) is 4.05. The van der Waals surface area contributed by atoms with Gasteiger partial charge in [-0.3, -0.25) is 4.79 Å². The number of hydrogen-bond acceptors (Lipinski definition) is 5. The minimum atomic E-state index is -0.255. The van der Waals surface area contributed by atoms with Crippen molar-refractivity contribution in [3.05, 3.63) is 40.8 Å². The van der Waals surface area contributed by atoms with Crippen LogP contribution in [0.3, 0.4) is 0 Å². The average molecular weight is 372 g/mol. The third-order valence-corrected chi connectivity index (χ3v) is 4.99. The molecule has 0 aliphatic carbocycles. The highest BCUT2D eigenvalue weighted by molar-refractivity contribution is 7.19. The van der Waals surface area contributed by atoms with Crippen LogP contribution in [0.4, 0.5) is 10.2 Å². The predicted molar refractivity (Wildman–Crippen MR) is 104 cm³/mol. The minimum absolute atomic E-state index is 0.0303. The third-order valence-electron chi connectivity index (χ3n) is 3.99. The van der Waals surface area contributed by atoms with Crippen molar-refractivity contribution < 1.29 is 9.18 Å². The number of carbonyl (C=O) groups excluding carboxylic acids is 1. The Balaban J connectivity index is 1.94. The van der Waals surface area contributed by atoms with Crippen LogP contribution in [0.25, 0.3) is 21.3 Å². The largest absolute Gasteiger partial charge is 0.369 e. The maximum absolute atomic E-state index is 13.3. The van der Waals surface area contributed by atoms with Crippen LogP contribution in [0, 0.1) is 19.7 Å². The normalized spacial score (nSPS) is 10.9. The number of halogens is 1. The minimum Gasteiger partial charge on any atom is -0.369 e. The number of aromatic nitrogens is 2. The first-order valence-electron chi connectivity index (χ1n) is 8.47. The Bertz CT molecular complexity index is 937. The molecule has 0 bridgehead atoms. The fourth-order valence-corrected chi connectivity index (χ4v) is 3.96. The Morgan fingerprint density at radius 3 is 2.58 bits per heavy atom. The van der Waals surface area contributed by atoms with Gasteiger partial charge in [-0.05, 0) is 38.0 Å². The molecule has 3 rings (SSSR count). The van der Waals surface area contributed by atoms with Gasteiger partial charge in [0.2, 0.25) is 5.91 Å². The van der Waals surface area contributed by atoms with Crippen LogP contribution in [0.1, 0.15) is 24.0 Å². The second kappa shape index (κ2) is 7.78. The second-order valence-corrected chi connectivity index (χ2v) is 7.31. The van der Waals surface area contributed by atoms with Crippen LogP contribution in [-0.4, -0.2) is 29.0 Å². The molecule has 2 N–H and O–H groups in total. The summed E-state index contributed by atoms with van der Waals surface area (Å²) in [6.45, 7) is 6.72. The Morgan fingerprint density at radius 1 is 1.15 bits per heavy atom. The van der Waals surface area contributed by atoms with E-state index in [1.807, 2.05) is 13.8 Å². The van der Waals surface area contributed by atoms with E-state index >= 15 is 0 Å². The quantitative estimate of drug-likeness (QED) is 0.641. The summed E-state index contributed by atoms with van der Waals surface area (Å²) in [7, 11) is 0. The van der Waals surface area contributed by atoms with Crippen molar-refractivity contribution in [3.8, 4) is 11.1 Å². The number of hydrogen-bond donors (Lipinski definition) is 2. The molecule has 0 fully saturated rings. The van der Waals surface area contributed by atoms with E-state index in [1.165, 1.54) is 19.1 Å². The smallest absolute Gasteiger partial charge is 0.216 e. The van der Waals surface area contributed by atoms with Crippen LogP contribution < -0.4 is 10.6 Å². The molecule has 0 radical (unpaired) electrons. The first-order chi connectivity index (χ1) is 12.5. The topological polar surface area (TPSA) is 66.9 Å². The van der Waals surface area contributed by atoms with E-state index in [0.29, 0.717) is 18.9 Å². The van der Waals surface area contributed by atoms with E-state index in [1.54, 1.807) is 23.5 Å². The molecule has 1 aromatic carbocycles. The highest BCUT2D eigenvalue weighted by Gasteiger charge is 2.17. The molecule has 0 saturated carbocycles. The van der Waals surface area contributed by atoms with Crippen molar-refractivity contribution in [1.82, 2.24) is 15.3 Å². The van der Waals surface area contributed by atoms with Gasteiger partial charge in [-0.15, -0.1) is 11.3 Å². The number of rotatable bonds is 6. The lowest BCUT2D eigenvalue weighted by Crippen LogP contribution is -2.22. The van der Waals surface area contributed by atoms with E-state index in [4.69, 9.17) is 0 Å². The van der Waals surface area contributed by atoms with Gasteiger partial charge in [0, 0.05) is 30.5 Å². The molecule has 0 aliphatic rings. The molecule has 0 aliphatic heterocycles. The lowest BCUT2D eigenvalue weighted by Gasteiger charge is -2.10. The number of nitrogens with zero attached hydrogens (tertiary/aromatic N) is 2. The Kier molecular flexibility index (Phi) is 5.46. The van der Waals surface area contributed by atoms with Gasteiger partial charge >= 0.3 is 0 Å². The number of amides is 1. The lowest BCUT2D eigenvalue weighted by atomic mass is 10.0. The highest BCUT2D eigenvalue weighted by Crippen LogP contribution is 2.40. The van der Waals surface area contributed by atoms with E-state index < -0.39 is 0 Å². The molecule has 5 nitrogen and oxygen atoms in total. The first-order valence-corrected chi connectivity index (χ1v) is 9.29. The van der Waals surface area contributed by atoms with Crippen LogP contribution in [-0.2, 0) is 4.79 Å². The number of thiophene rings is 1. The number of aryl methyl sites for hydroxylation is 2. The zero-order valence-corrected chi connectivity index (χ0v) is 15.8. The SMILES string of the molecule is CC(=O)NCCCNc1nc(C)nc2sc(C)c(-c3ccc(F)cc3)c12. The van der Waals surface area contributed by atoms with Crippen molar-refractivity contribution in [2.45, 2.75) is 27.2 Å². The summed E-state index contributed by atoms with van der Waals surface area (Å²) < 4.78 is 13.3. The molecule has 0 unspecified atom stereocenters. The molecular formula is C19H21FN4OS. The van der Waals surface area contributed by atoms with Gasteiger partial charge < -0.3 is 10.6 Å². The van der Waals surface area contributed by atoms with Crippen molar-refractivity contribution in [2.75, 3.05) is 18.4 Å². The molecule has 2 heterocycles. The number of anilines is 1. The Morgan fingerprint density at radius 2 is 1.88 bits per heavy atom. The molecular weight excluding hydrogens is 351 g/mol. The number of carbonyl (C=O) groups is 1. The average Bonchev–Trinajstić information content (AvgIpc) is 2.90. The zero-order chi connectivity index (χ0) is 18.7. The molecule has 26 heavy (non-hydrogen) atoms. The van der Waals surface area contributed by atoms with Crippen LogP contribution >= 0.6 is 11.3 Å². The van der Waals surface area contributed by atoms with Crippen molar-refractivity contribution >= 4 is 33.3 Å². The van der Waals surface area contributed by atoms with Gasteiger partial charge in [-0.1, -0.05) is 12.1 Å². The van der Waals surface area contributed by atoms with Crippen molar-refractivity contribution in [3.63, 3.8) is 0 Å². The van der Waals surface area contributed by atoms with Crippen molar-refractivity contribution in [2.24, 2.45) is 0 Å². The van der Waals surface area contributed by atoms with E-state index in [0.717, 1.165) is 38.5 Å². The summed E-state index contributed by atoms with van der Waals surface area (Å²) in [6, 6.07) is 6.50. The number of nitrogens with one attached hydrogen (secondary N) is 2. The fraction of sp³-hybridized carbons (Fsp3) is 0.316. The molecule has 7 heteroatoms. The maximum Gasteiger partial charge on any atom is 0.216 e. The van der Waals surface area contributed by atoms with Gasteiger partial charge in [-0.2, -0.15) is 0 Å². The molecule has 0 saturated heterocycles. The van der Waals surface area contributed by atoms with Crippen LogP contribution in [0.5, 0.6) is 0 Å². The van der Waals surface area contributed by atoms with Gasteiger partial charge in [0.1, 0.15) is 22.3 Å². The molecule has 1 amide bonds. The molecule has 2 aromatic heterocycles. The maximum atomic E-state index is 13.3. The number of fused-ring (bicyclic) bond motifs is 1. The lowest BCUT2D eigenvalue weighted by molar-refractivity contribution is -0.118. The summed E-state index contributed by atoms with van der Waals surface area (Å²) in [5.74, 6) is 1.19. The highest BCUT2D eigenvalue weighted by atomic mass is 32.1. The van der Waals surface area contributed by atoms with E-state index in [-0.39, 0.29) is 11.7 Å². The van der Waals surface area contributed by atoms with Crippen LogP contribution in [0.2, 0.25) is 0 Å². The molecule has 136 valence electrons. The first kappa shape index (κ1) is 18.3. The molecule has 0 spiro atoms. The monoisotopic (exact) mass is 372 g/mol. The molecule has 3 aromatic rings. The summed E-state index contributed by atoms with van der Waals surface area (Å²) >= 11 is 1.61. The third kappa shape index (κ3) is 3.99. The Hall–Kier alpha value is -2.54. The van der Waals surface area contributed by atoms with Crippen molar-refractivity contribution in [1.29, 1.82) is 0 Å². The summed E-state index contributed by atoms with van der Waals surface area (Å²) in [6.07, 6.45) is 0.791. The van der Waals surface area contributed by atoms with Gasteiger partial charge in [-0.25, -0.2) is 14.4 Å². The van der Waals surface area contributed by atoms with Gasteiger partial charge in [0.15, 0.2) is 0 Å². The van der Waals surface area contributed by atoms with Gasteiger partial charge in [0.05, 0.1) is 5.39 Å². The summed E-state index contributed by atoms with van der Waals surface area (Å²) in [5, 5.41) is 7.11. The zero-order valence-electron chi connectivity index (χ0n) is 15.0.